The Bertz CT molecular complexity index is 544. The maximum absolute atomic E-state index is 4.52. The first-order valence-electron chi connectivity index (χ1n) is 5.16. The van der Waals surface area contributed by atoms with Gasteiger partial charge in [-0.2, -0.15) is 0 Å². The van der Waals surface area contributed by atoms with Gasteiger partial charge in [0.2, 0.25) is 0 Å². The fourth-order valence-corrected chi connectivity index (χ4v) is 2.16. The molecule has 0 N–H and O–H groups in total. The molecular weight excluding hydrogens is 184 g/mol. The van der Waals surface area contributed by atoms with Crippen molar-refractivity contribution in [3.8, 4) is 11.3 Å². The molecule has 2 aromatic rings. The van der Waals surface area contributed by atoms with E-state index >= 15 is 0 Å². The highest BCUT2D eigenvalue weighted by Gasteiger charge is 2.22. The number of pyridine rings is 2. The summed E-state index contributed by atoms with van der Waals surface area (Å²) in [6.07, 6.45) is 4.75. The molecule has 1 aliphatic rings. The fraction of sp³-hybridized carbons (Fsp3) is 0.231. The van der Waals surface area contributed by atoms with Gasteiger partial charge in [0, 0.05) is 24.4 Å². The molecule has 0 fully saturated rings. The van der Waals surface area contributed by atoms with Gasteiger partial charge < -0.3 is 0 Å². The normalized spacial score (nSPS) is 12.4. The monoisotopic (exact) mass is 196 g/mol. The fourth-order valence-electron chi connectivity index (χ4n) is 2.16. The van der Waals surface area contributed by atoms with Gasteiger partial charge in [-0.05, 0) is 42.7 Å². The molecule has 74 valence electrons. The predicted molar refractivity (Wildman–Crippen MR) is 59.7 cm³/mol. The van der Waals surface area contributed by atoms with Crippen LogP contribution in [0.4, 0.5) is 0 Å². The van der Waals surface area contributed by atoms with Crippen molar-refractivity contribution in [2.24, 2.45) is 0 Å². The zero-order chi connectivity index (χ0) is 10.4. The minimum Gasteiger partial charge on any atom is -0.260 e. The van der Waals surface area contributed by atoms with Crippen LogP contribution in [0.25, 0.3) is 11.3 Å². The molecule has 0 saturated heterocycles. The second-order valence-electron chi connectivity index (χ2n) is 4.07. The quantitative estimate of drug-likeness (QED) is 0.552. The Hall–Kier alpha value is -1.70. The molecule has 2 aromatic heterocycles. The van der Waals surface area contributed by atoms with E-state index in [2.05, 4.69) is 29.9 Å². The number of hydrogen-bond donors (Lipinski definition) is 0. The van der Waals surface area contributed by atoms with Gasteiger partial charge in [-0.3, -0.25) is 9.97 Å². The van der Waals surface area contributed by atoms with Gasteiger partial charge in [-0.15, -0.1) is 0 Å². The smallest absolute Gasteiger partial charge is 0.0759 e. The molecule has 0 atom stereocenters. The molecule has 15 heavy (non-hydrogen) atoms. The molecule has 0 unspecified atom stereocenters. The summed E-state index contributed by atoms with van der Waals surface area (Å²) >= 11 is 0. The molecule has 3 rings (SSSR count). The van der Waals surface area contributed by atoms with E-state index in [9.17, 15) is 0 Å². The lowest BCUT2D eigenvalue weighted by Crippen LogP contribution is -1.92. The van der Waals surface area contributed by atoms with Gasteiger partial charge in [0.1, 0.15) is 0 Å². The van der Waals surface area contributed by atoms with Crippen molar-refractivity contribution < 1.29 is 0 Å². The second-order valence-corrected chi connectivity index (χ2v) is 4.07. The van der Waals surface area contributed by atoms with E-state index in [1.807, 2.05) is 18.5 Å². The Morgan fingerprint density at radius 1 is 1.20 bits per heavy atom. The van der Waals surface area contributed by atoms with Crippen molar-refractivity contribution in [1.29, 1.82) is 0 Å². The summed E-state index contributed by atoms with van der Waals surface area (Å²) in [7, 11) is 0. The summed E-state index contributed by atoms with van der Waals surface area (Å²) in [5.74, 6) is 0. The molecule has 0 saturated carbocycles. The van der Waals surface area contributed by atoms with Crippen LogP contribution in [-0.4, -0.2) is 9.97 Å². The van der Waals surface area contributed by atoms with Crippen LogP contribution >= 0.6 is 0 Å². The van der Waals surface area contributed by atoms with Gasteiger partial charge in [-0.1, -0.05) is 0 Å². The zero-order valence-electron chi connectivity index (χ0n) is 8.91. The minimum atomic E-state index is 0.937. The van der Waals surface area contributed by atoms with Crippen LogP contribution in [0.2, 0.25) is 0 Å². The summed E-state index contributed by atoms with van der Waals surface area (Å²) in [6.45, 7) is 4.28. The molecule has 0 spiro atoms. The lowest BCUT2D eigenvalue weighted by atomic mass is 10.0. The molecule has 0 aromatic carbocycles. The first-order chi connectivity index (χ1) is 7.27. The number of aromatic nitrogens is 2. The zero-order valence-corrected chi connectivity index (χ0v) is 8.91. The molecule has 0 aliphatic heterocycles. The van der Waals surface area contributed by atoms with Crippen LogP contribution in [0.1, 0.15) is 22.4 Å². The van der Waals surface area contributed by atoms with Crippen molar-refractivity contribution in [1.82, 2.24) is 9.97 Å². The van der Waals surface area contributed by atoms with E-state index in [1.54, 1.807) is 0 Å². The molecule has 0 bridgehead atoms. The van der Waals surface area contributed by atoms with Crippen molar-refractivity contribution in [3.05, 3.63) is 46.9 Å². The maximum atomic E-state index is 4.52. The number of hydrogen-bond acceptors (Lipinski definition) is 2. The Labute approximate surface area is 89.0 Å². The van der Waals surface area contributed by atoms with Crippen molar-refractivity contribution in [2.45, 2.75) is 20.3 Å². The average Bonchev–Trinajstić information content (AvgIpc) is 2.63. The van der Waals surface area contributed by atoms with Gasteiger partial charge in [0.05, 0.1) is 11.4 Å². The Kier molecular flexibility index (Phi) is 1.66. The van der Waals surface area contributed by atoms with Crippen LogP contribution in [0.15, 0.2) is 24.5 Å². The lowest BCUT2D eigenvalue weighted by molar-refractivity contribution is 1.09. The second kappa shape index (κ2) is 2.89. The van der Waals surface area contributed by atoms with Gasteiger partial charge in [0.15, 0.2) is 0 Å². The van der Waals surface area contributed by atoms with E-state index in [-0.39, 0.29) is 0 Å². The van der Waals surface area contributed by atoms with Crippen molar-refractivity contribution in [3.63, 3.8) is 0 Å². The van der Waals surface area contributed by atoms with Crippen LogP contribution in [0.5, 0.6) is 0 Å². The van der Waals surface area contributed by atoms with Crippen LogP contribution < -0.4 is 0 Å². The Morgan fingerprint density at radius 3 is 2.93 bits per heavy atom. The maximum Gasteiger partial charge on any atom is 0.0759 e. The highest BCUT2D eigenvalue weighted by molar-refractivity contribution is 5.73. The standard InChI is InChI=1S/C13H12N2/c1-8-7-15-13-10-4-3-5-14-12(10)6-11(13)9(8)2/h3-5,7H,6H2,1-2H3. The molecule has 2 nitrogen and oxygen atoms in total. The number of rotatable bonds is 0. The summed E-state index contributed by atoms with van der Waals surface area (Å²) in [5, 5.41) is 0. The van der Waals surface area contributed by atoms with Crippen LogP contribution in [0, 0.1) is 13.8 Å². The molecular formula is C13H12N2. The number of fused-ring (bicyclic) bond motifs is 3. The van der Waals surface area contributed by atoms with E-state index in [1.165, 1.54) is 22.3 Å². The number of nitrogens with zero attached hydrogens (tertiary/aromatic N) is 2. The van der Waals surface area contributed by atoms with Crippen LogP contribution in [-0.2, 0) is 6.42 Å². The first kappa shape index (κ1) is 8.60. The number of aryl methyl sites for hydroxylation is 1. The third-order valence-electron chi connectivity index (χ3n) is 3.21. The highest BCUT2D eigenvalue weighted by atomic mass is 14.7. The van der Waals surface area contributed by atoms with Crippen LogP contribution in [0.3, 0.4) is 0 Å². The van der Waals surface area contributed by atoms with Gasteiger partial charge >= 0.3 is 0 Å². The summed E-state index contributed by atoms with van der Waals surface area (Å²) < 4.78 is 0. The van der Waals surface area contributed by atoms with E-state index in [0.29, 0.717) is 0 Å². The lowest BCUT2D eigenvalue weighted by Gasteiger charge is -2.05. The first-order valence-corrected chi connectivity index (χ1v) is 5.16. The third-order valence-corrected chi connectivity index (χ3v) is 3.21. The van der Waals surface area contributed by atoms with Crippen molar-refractivity contribution in [2.75, 3.05) is 0 Å². The highest BCUT2D eigenvalue weighted by Crippen LogP contribution is 2.35. The average molecular weight is 196 g/mol. The minimum absolute atomic E-state index is 0.937. The predicted octanol–water partition coefficient (Wildman–Crippen LogP) is 2.66. The summed E-state index contributed by atoms with van der Waals surface area (Å²) in [6, 6.07) is 4.08. The van der Waals surface area contributed by atoms with E-state index < -0.39 is 0 Å². The van der Waals surface area contributed by atoms with Crippen molar-refractivity contribution >= 4 is 0 Å². The molecule has 1 aliphatic carbocycles. The van der Waals surface area contributed by atoms with Gasteiger partial charge in [0.25, 0.3) is 0 Å². The van der Waals surface area contributed by atoms with Gasteiger partial charge in [-0.25, -0.2) is 0 Å². The van der Waals surface area contributed by atoms with E-state index in [0.717, 1.165) is 17.8 Å². The molecule has 0 amide bonds. The SMILES string of the molecule is Cc1cnc2c(c1C)Cc1ncccc1-2. The summed E-state index contributed by atoms with van der Waals surface area (Å²) in [5.41, 5.74) is 7.47. The van der Waals surface area contributed by atoms with E-state index in [4.69, 9.17) is 0 Å². The molecule has 2 heterocycles. The molecule has 2 heteroatoms. The Morgan fingerprint density at radius 2 is 2.07 bits per heavy atom. The topological polar surface area (TPSA) is 25.8 Å². The molecule has 0 radical (unpaired) electrons. The Balaban J connectivity index is 2.31. The summed E-state index contributed by atoms with van der Waals surface area (Å²) in [4.78, 5) is 8.93. The largest absolute Gasteiger partial charge is 0.260 e. The third kappa shape index (κ3) is 1.11.